The highest BCUT2D eigenvalue weighted by atomic mass is 35.5. The molecule has 0 saturated carbocycles. The Bertz CT molecular complexity index is 943. The minimum atomic E-state index is 0.0349. The number of pyridine rings is 1. The van der Waals surface area contributed by atoms with E-state index in [9.17, 15) is 0 Å². The predicted molar refractivity (Wildman–Crippen MR) is 99.4 cm³/mol. The molecule has 25 heavy (non-hydrogen) atoms. The fourth-order valence-corrected chi connectivity index (χ4v) is 4.41. The Labute approximate surface area is 151 Å². The van der Waals surface area contributed by atoms with Gasteiger partial charge in [0.2, 0.25) is 0 Å². The van der Waals surface area contributed by atoms with Gasteiger partial charge in [0.1, 0.15) is 22.2 Å². The number of nitrogens with one attached hydrogen (secondary N) is 1. The van der Waals surface area contributed by atoms with Crippen LogP contribution in [0.25, 0.3) is 16.8 Å². The molecule has 2 aliphatic rings. The maximum atomic E-state index is 6.60. The first kappa shape index (κ1) is 15.2. The van der Waals surface area contributed by atoms with E-state index >= 15 is 0 Å². The highest BCUT2D eigenvalue weighted by molar-refractivity contribution is 6.32. The number of ether oxygens (including phenoxy) is 1. The van der Waals surface area contributed by atoms with Crippen LogP contribution in [0.5, 0.6) is 5.75 Å². The monoisotopic (exact) mass is 353 g/mol. The van der Waals surface area contributed by atoms with Crippen molar-refractivity contribution in [3.8, 4) is 16.9 Å². The number of halogens is 1. The van der Waals surface area contributed by atoms with Gasteiger partial charge in [-0.25, -0.2) is 4.98 Å². The fraction of sp³-hybridized carbons (Fsp3) is 0.350. The Hall–Kier alpha value is -2.04. The van der Waals surface area contributed by atoms with Crippen molar-refractivity contribution in [3.63, 3.8) is 0 Å². The van der Waals surface area contributed by atoms with E-state index in [0.29, 0.717) is 5.15 Å². The first-order chi connectivity index (χ1) is 12.2. The number of piperidine rings is 1. The van der Waals surface area contributed by atoms with Crippen molar-refractivity contribution in [2.75, 3.05) is 13.1 Å². The first-order valence-corrected chi connectivity index (χ1v) is 9.27. The van der Waals surface area contributed by atoms with Gasteiger partial charge in [-0.3, -0.25) is 4.40 Å². The summed E-state index contributed by atoms with van der Waals surface area (Å²) in [6, 6.07) is 10.5. The van der Waals surface area contributed by atoms with Gasteiger partial charge in [0, 0.05) is 18.0 Å². The van der Waals surface area contributed by atoms with Crippen LogP contribution in [-0.2, 0) is 6.42 Å². The smallest absolute Gasteiger partial charge is 0.137 e. The van der Waals surface area contributed by atoms with E-state index in [1.165, 1.54) is 5.56 Å². The number of fused-ring (bicyclic) bond motifs is 2. The average molecular weight is 354 g/mol. The van der Waals surface area contributed by atoms with E-state index in [0.717, 1.165) is 61.3 Å². The van der Waals surface area contributed by atoms with E-state index in [2.05, 4.69) is 28.5 Å². The fourth-order valence-electron chi connectivity index (χ4n) is 4.10. The third-order valence-corrected chi connectivity index (χ3v) is 5.95. The molecule has 2 aromatic heterocycles. The standard InChI is InChI=1S/C20H20ClN3O/c21-19-16(2-4-18-23-11-12-24(18)19)14-1-3-17-15(13-14)5-6-20(25-17)7-9-22-10-8-20/h1-4,11-13,22H,5-10H2. The number of imidazole rings is 1. The second-order valence-electron chi connectivity index (χ2n) is 7.05. The summed E-state index contributed by atoms with van der Waals surface area (Å²) in [5.41, 5.74) is 4.33. The van der Waals surface area contributed by atoms with Crippen LogP contribution in [0.4, 0.5) is 0 Å². The van der Waals surface area contributed by atoms with Crippen LogP contribution in [0.1, 0.15) is 24.8 Å². The van der Waals surface area contributed by atoms with E-state index < -0.39 is 0 Å². The summed E-state index contributed by atoms with van der Waals surface area (Å²) in [5, 5.41) is 4.12. The molecule has 1 spiro atoms. The second-order valence-corrected chi connectivity index (χ2v) is 7.41. The quantitative estimate of drug-likeness (QED) is 0.669. The van der Waals surface area contributed by atoms with E-state index in [-0.39, 0.29) is 5.60 Å². The molecular formula is C20H20ClN3O. The minimum Gasteiger partial charge on any atom is -0.487 e. The van der Waals surface area contributed by atoms with Crippen molar-refractivity contribution < 1.29 is 4.74 Å². The summed E-state index contributed by atoms with van der Waals surface area (Å²) < 4.78 is 8.36. The molecule has 4 heterocycles. The van der Waals surface area contributed by atoms with Gasteiger partial charge < -0.3 is 10.1 Å². The van der Waals surface area contributed by atoms with Gasteiger partial charge in [-0.1, -0.05) is 17.7 Å². The molecule has 0 aliphatic carbocycles. The Morgan fingerprint density at radius 1 is 1.12 bits per heavy atom. The maximum absolute atomic E-state index is 6.60. The molecule has 1 N–H and O–H groups in total. The van der Waals surface area contributed by atoms with Crippen molar-refractivity contribution >= 4 is 17.2 Å². The highest BCUT2D eigenvalue weighted by Crippen LogP contribution is 2.40. The van der Waals surface area contributed by atoms with E-state index in [4.69, 9.17) is 16.3 Å². The Morgan fingerprint density at radius 2 is 2.00 bits per heavy atom. The van der Waals surface area contributed by atoms with E-state index in [1.54, 1.807) is 6.20 Å². The van der Waals surface area contributed by atoms with E-state index in [1.807, 2.05) is 22.7 Å². The Balaban J connectivity index is 1.51. The third kappa shape index (κ3) is 2.52. The number of hydrogen-bond acceptors (Lipinski definition) is 3. The lowest BCUT2D eigenvalue weighted by Crippen LogP contribution is -2.48. The summed E-state index contributed by atoms with van der Waals surface area (Å²) in [5.74, 6) is 1.04. The molecule has 0 radical (unpaired) electrons. The molecule has 0 atom stereocenters. The largest absolute Gasteiger partial charge is 0.487 e. The first-order valence-electron chi connectivity index (χ1n) is 8.89. The molecule has 1 aromatic carbocycles. The molecule has 1 fully saturated rings. The van der Waals surface area contributed by atoms with Crippen LogP contribution < -0.4 is 10.1 Å². The zero-order chi connectivity index (χ0) is 16.9. The predicted octanol–water partition coefficient (Wildman–Crippen LogP) is 4.10. The minimum absolute atomic E-state index is 0.0349. The molecule has 1 saturated heterocycles. The second kappa shape index (κ2) is 5.75. The topological polar surface area (TPSA) is 38.6 Å². The summed E-state index contributed by atoms with van der Waals surface area (Å²) in [6.45, 7) is 2.10. The van der Waals surface area contributed by atoms with Gasteiger partial charge in [-0.2, -0.15) is 0 Å². The molecule has 0 unspecified atom stereocenters. The molecule has 5 rings (SSSR count). The summed E-state index contributed by atoms with van der Waals surface area (Å²) >= 11 is 6.60. The molecule has 0 amide bonds. The number of aryl methyl sites for hydroxylation is 1. The summed E-state index contributed by atoms with van der Waals surface area (Å²) in [4.78, 5) is 4.29. The van der Waals surface area contributed by atoms with Crippen LogP contribution >= 0.6 is 11.6 Å². The van der Waals surface area contributed by atoms with Gasteiger partial charge in [-0.15, -0.1) is 0 Å². The zero-order valence-electron chi connectivity index (χ0n) is 14.0. The van der Waals surface area contributed by atoms with Crippen LogP contribution in [0.2, 0.25) is 5.15 Å². The average Bonchev–Trinajstić information content (AvgIpc) is 3.12. The van der Waals surface area contributed by atoms with Crippen molar-refractivity contribution in [1.29, 1.82) is 0 Å². The SMILES string of the molecule is Clc1c(-c2ccc3c(c2)CCC2(CCNCC2)O3)ccc2nccn12. The summed E-state index contributed by atoms with van der Waals surface area (Å²) in [6.07, 6.45) is 8.01. The van der Waals surface area contributed by atoms with Gasteiger partial charge >= 0.3 is 0 Å². The number of nitrogens with zero attached hydrogens (tertiary/aromatic N) is 2. The Morgan fingerprint density at radius 3 is 2.88 bits per heavy atom. The van der Waals surface area contributed by atoms with Crippen molar-refractivity contribution in [2.24, 2.45) is 0 Å². The van der Waals surface area contributed by atoms with Crippen LogP contribution in [0, 0.1) is 0 Å². The van der Waals surface area contributed by atoms with Gasteiger partial charge in [0.15, 0.2) is 0 Å². The lowest BCUT2D eigenvalue weighted by molar-refractivity contribution is 0.0170. The van der Waals surface area contributed by atoms with Gasteiger partial charge in [0.25, 0.3) is 0 Å². The molecule has 128 valence electrons. The zero-order valence-corrected chi connectivity index (χ0v) is 14.7. The number of hydrogen-bond donors (Lipinski definition) is 1. The Kier molecular flexibility index (Phi) is 3.50. The van der Waals surface area contributed by atoms with Crippen molar-refractivity contribution in [1.82, 2.24) is 14.7 Å². The molecular weight excluding hydrogens is 334 g/mol. The molecule has 0 bridgehead atoms. The maximum Gasteiger partial charge on any atom is 0.137 e. The molecule has 4 nitrogen and oxygen atoms in total. The lowest BCUT2D eigenvalue weighted by Gasteiger charge is -2.41. The van der Waals surface area contributed by atoms with Gasteiger partial charge in [-0.05, 0) is 74.2 Å². The summed E-state index contributed by atoms with van der Waals surface area (Å²) in [7, 11) is 0. The normalized spacial score (nSPS) is 18.9. The highest BCUT2D eigenvalue weighted by Gasteiger charge is 2.37. The molecule has 5 heteroatoms. The lowest BCUT2D eigenvalue weighted by atomic mass is 9.83. The van der Waals surface area contributed by atoms with Gasteiger partial charge in [0.05, 0.1) is 0 Å². The van der Waals surface area contributed by atoms with Crippen molar-refractivity contribution in [3.05, 3.63) is 53.4 Å². The molecule has 2 aliphatic heterocycles. The van der Waals surface area contributed by atoms with Crippen LogP contribution in [-0.4, -0.2) is 28.1 Å². The number of rotatable bonds is 1. The van der Waals surface area contributed by atoms with Crippen molar-refractivity contribution in [2.45, 2.75) is 31.3 Å². The van der Waals surface area contributed by atoms with Crippen LogP contribution in [0.3, 0.4) is 0 Å². The molecule has 3 aromatic rings. The number of aromatic nitrogens is 2. The third-order valence-electron chi connectivity index (χ3n) is 5.56. The number of benzene rings is 1. The van der Waals surface area contributed by atoms with Crippen LogP contribution in [0.15, 0.2) is 42.7 Å².